The van der Waals surface area contributed by atoms with E-state index in [2.05, 4.69) is 5.32 Å². The van der Waals surface area contributed by atoms with E-state index in [1.54, 1.807) is 0 Å². The average Bonchev–Trinajstić information content (AvgIpc) is 2.84. The molecule has 0 radical (unpaired) electrons. The normalized spacial score (nSPS) is 23.3. The molecule has 0 bridgehead atoms. The summed E-state index contributed by atoms with van der Waals surface area (Å²) in [4.78, 5) is 10.9. The summed E-state index contributed by atoms with van der Waals surface area (Å²) in [6, 6.07) is 3.24. The summed E-state index contributed by atoms with van der Waals surface area (Å²) in [5.41, 5.74) is 0. The second-order valence-electron chi connectivity index (χ2n) is 4.57. The second kappa shape index (κ2) is 6.04. The second-order valence-corrected chi connectivity index (χ2v) is 6.41. The van der Waals surface area contributed by atoms with Gasteiger partial charge in [0, 0.05) is 12.6 Å². The number of halogens is 2. The molecule has 0 aliphatic carbocycles. The first-order valence-electron chi connectivity index (χ1n) is 6.19. The first-order chi connectivity index (χ1) is 9.87. The van der Waals surface area contributed by atoms with Gasteiger partial charge in [0.15, 0.2) is 6.17 Å². The van der Waals surface area contributed by atoms with E-state index in [4.69, 9.17) is 5.11 Å². The molecule has 2 N–H and O–H groups in total. The van der Waals surface area contributed by atoms with Crippen molar-refractivity contribution in [3.63, 3.8) is 0 Å². The van der Waals surface area contributed by atoms with Crippen LogP contribution in [0.5, 0.6) is 0 Å². The van der Waals surface area contributed by atoms with Crippen molar-refractivity contribution in [3.05, 3.63) is 30.1 Å². The largest absolute Gasteiger partial charge is 0.479 e. The van der Waals surface area contributed by atoms with Crippen molar-refractivity contribution >= 4 is 16.0 Å². The number of hydrogen-bond donors (Lipinski definition) is 2. The van der Waals surface area contributed by atoms with Gasteiger partial charge in [-0.25, -0.2) is 17.6 Å². The molecule has 1 aliphatic heterocycles. The highest BCUT2D eigenvalue weighted by Crippen LogP contribution is 2.25. The fourth-order valence-corrected chi connectivity index (χ4v) is 3.99. The van der Waals surface area contributed by atoms with E-state index in [0.717, 1.165) is 28.6 Å². The topological polar surface area (TPSA) is 86.7 Å². The molecule has 116 valence electrons. The van der Waals surface area contributed by atoms with Gasteiger partial charge in [0.2, 0.25) is 10.0 Å². The molecule has 6 nitrogen and oxygen atoms in total. The monoisotopic (exact) mass is 320 g/mol. The van der Waals surface area contributed by atoms with E-state index in [-0.39, 0.29) is 17.9 Å². The number of hydrogen-bond acceptors (Lipinski definition) is 4. The molecule has 1 aromatic carbocycles. The number of alkyl halides is 1. The van der Waals surface area contributed by atoms with Crippen LogP contribution in [-0.2, 0) is 14.8 Å². The van der Waals surface area contributed by atoms with Crippen molar-refractivity contribution in [1.29, 1.82) is 0 Å². The van der Waals surface area contributed by atoms with Crippen molar-refractivity contribution in [2.45, 2.75) is 23.5 Å². The van der Waals surface area contributed by atoms with Crippen LogP contribution in [0.4, 0.5) is 8.78 Å². The van der Waals surface area contributed by atoms with Gasteiger partial charge in [-0.2, -0.15) is 4.31 Å². The Morgan fingerprint density at radius 1 is 1.38 bits per heavy atom. The van der Waals surface area contributed by atoms with E-state index < -0.39 is 40.7 Å². The number of carboxylic acid groups (broad SMARTS) is 1. The molecule has 9 heteroatoms. The van der Waals surface area contributed by atoms with Gasteiger partial charge in [-0.3, -0.25) is 9.71 Å². The van der Waals surface area contributed by atoms with Gasteiger partial charge in [-0.05, 0) is 30.7 Å². The molecular weight excluding hydrogens is 306 g/mol. The Morgan fingerprint density at radius 2 is 2.00 bits per heavy atom. The zero-order valence-electron chi connectivity index (χ0n) is 10.9. The number of carboxylic acids is 1. The van der Waals surface area contributed by atoms with Crippen molar-refractivity contribution in [3.8, 4) is 0 Å². The van der Waals surface area contributed by atoms with Crippen LogP contribution in [0.3, 0.4) is 0 Å². The predicted molar refractivity (Wildman–Crippen MR) is 69.2 cm³/mol. The SMILES string of the molecule is O=C(O)C1NCC(CCF)N1S(=O)(=O)c1ccc(F)cc1. The van der Waals surface area contributed by atoms with Gasteiger partial charge in [0.05, 0.1) is 11.6 Å². The molecule has 0 saturated carbocycles. The summed E-state index contributed by atoms with van der Waals surface area (Å²) in [7, 11) is -4.16. The molecule has 0 amide bonds. The standard InChI is InChI=1S/C12H14F2N2O4S/c13-6-5-9-7-15-11(12(17)18)16(9)21(19,20)10-3-1-8(14)2-4-10/h1-4,9,11,15H,5-7H2,(H,17,18). The van der Waals surface area contributed by atoms with Crippen molar-refractivity contribution in [2.75, 3.05) is 13.2 Å². The fraction of sp³-hybridized carbons (Fsp3) is 0.417. The Labute approximate surface area is 120 Å². The minimum atomic E-state index is -4.16. The molecule has 2 rings (SSSR count). The molecule has 0 aromatic heterocycles. The first-order valence-corrected chi connectivity index (χ1v) is 7.63. The summed E-state index contributed by atoms with van der Waals surface area (Å²) < 4.78 is 51.2. The molecule has 1 fully saturated rings. The number of carbonyl (C=O) groups is 1. The first kappa shape index (κ1) is 15.8. The molecular formula is C12H14F2N2O4S. The zero-order valence-corrected chi connectivity index (χ0v) is 11.7. The fourth-order valence-electron chi connectivity index (χ4n) is 2.25. The van der Waals surface area contributed by atoms with Crippen molar-refractivity contribution in [2.24, 2.45) is 0 Å². The van der Waals surface area contributed by atoms with Gasteiger partial charge >= 0.3 is 5.97 Å². The highest BCUT2D eigenvalue weighted by molar-refractivity contribution is 7.89. The summed E-state index contributed by atoms with van der Waals surface area (Å²) in [6.07, 6.45) is -1.58. The van der Waals surface area contributed by atoms with E-state index >= 15 is 0 Å². The van der Waals surface area contributed by atoms with Gasteiger partial charge in [0.1, 0.15) is 5.82 Å². The number of nitrogens with zero attached hydrogens (tertiary/aromatic N) is 1. The predicted octanol–water partition coefficient (Wildman–Crippen LogP) is 0.558. The average molecular weight is 320 g/mol. The van der Waals surface area contributed by atoms with Crippen LogP contribution in [0.1, 0.15) is 6.42 Å². The zero-order chi connectivity index (χ0) is 15.6. The van der Waals surface area contributed by atoms with Gasteiger partial charge in [0.25, 0.3) is 0 Å². The molecule has 2 atom stereocenters. The van der Waals surface area contributed by atoms with E-state index in [1.807, 2.05) is 0 Å². The highest BCUT2D eigenvalue weighted by Gasteiger charge is 2.45. The molecule has 1 heterocycles. The third-order valence-corrected chi connectivity index (χ3v) is 5.16. The minimum absolute atomic E-state index is 0.0430. The number of rotatable bonds is 5. The van der Waals surface area contributed by atoms with Crippen molar-refractivity contribution < 1.29 is 27.1 Å². The quantitative estimate of drug-likeness (QED) is 0.828. The van der Waals surface area contributed by atoms with E-state index in [9.17, 15) is 22.0 Å². The van der Waals surface area contributed by atoms with Crippen LogP contribution in [-0.4, -0.2) is 49.2 Å². The van der Waals surface area contributed by atoms with Gasteiger partial charge in [-0.1, -0.05) is 0 Å². The molecule has 21 heavy (non-hydrogen) atoms. The molecule has 1 aliphatic rings. The van der Waals surface area contributed by atoms with E-state index in [1.165, 1.54) is 0 Å². The van der Waals surface area contributed by atoms with Crippen LogP contribution >= 0.6 is 0 Å². The minimum Gasteiger partial charge on any atom is -0.479 e. The van der Waals surface area contributed by atoms with Crippen LogP contribution in [0.2, 0.25) is 0 Å². The lowest BCUT2D eigenvalue weighted by atomic mass is 10.2. The molecule has 0 spiro atoms. The third-order valence-electron chi connectivity index (χ3n) is 3.23. The summed E-state index contributed by atoms with van der Waals surface area (Å²) in [5, 5.41) is 11.6. The molecule has 2 unspecified atom stereocenters. The maximum Gasteiger partial charge on any atom is 0.336 e. The van der Waals surface area contributed by atoms with Crippen LogP contribution in [0, 0.1) is 5.82 Å². The number of aliphatic carboxylic acids is 1. The van der Waals surface area contributed by atoms with Crippen LogP contribution in [0.25, 0.3) is 0 Å². The Bertz CT molecular complexity index is 621. The Kier molecular flexibility index (Phi) is 4.55. The van der Waals surface area contributed by atoms with E-state index in [0.29, 0.717) is 0 Å². The van der Waals surface area contributed by atoms with Crippen LogP contribution < -0.4 is 5.32 Å². The Hall–Kier alpha value is -1.58. The third kappa shape index (κ3) is 3.04. The summed E-state index contributed by atoms with van der Waals surface area (Å²) in [5.74, 6) is -1.98. The van der Waals surface area contributed by atoms with Gasteiger partial charge < -0.3 is 5.11 Å². The smallest absolute Gasteiger partial charge is 0.336 e. The molecule has 1 saturated heterocycles. The number of sulfonamides is 1. The molecule has 1 aromatic rings. The lowest BCUT2D eigenvalue weighted by molar-refractivity contribution is -0.141. The van der Waals surface area contributed by atoms with Crippen molar-refractivity contribution in [1.82, 2.24) is 9.62 Å². The summed E-state index contributed by atoms with van der Waals surface area (Å²) in [6.45, 7) is -0.727. The Balaban J connectivity index is 2.42. The number of nitrogens with one attached hydrogen (secondary N) is 1. The Morgan fingerprint density at radius 3 is 2.52 bits per heavy atom. The number of benzene rings is 1. The summed E-state index contributed by atoms with van der Waals surface area (Å²) >= 11 is 0. The lowest BCUT2D eigenvalue weighted by Gasteiger charge is -2.25. The maximum atomic E-state index is 12.9. The lowest BCUT2D eigenvalue weighted by Crippen LogP contribution is -2.48. The maximum absolute atomic E-state index is 12.9. The van der Waals surface area contributed by atoms with Gasteiger partial charge in [-0.15, -0.1) is 0 Å². The van der Waals surface area contributed by atoms with Crippen LogP contribution in [0.15, 0.2) is 29.2 Å². The highest BCUT2D eigenvalue weighted by atomic mass is 32.2.